The number of anilines is 1. The molecule has 2 aromatic carbocycles. The molecule has 0 bridgehead atoms. The highest BCUT2D eigenvalue weighted by Gasteiger charge is 2.24. The number of fused-ring (bicyclic) bond motifs is 1. The first kappa shape index (κ1) is 19.2. The maximum atomic E-state index is 8.92. The van der Waals surface area contributed by atoms with Gasteiger partial charge in [0, 0.05) is 37.0 Å². The molecule has 1 aliphatic rings. The molecule has 1 atom stereocenters. The first-order valence-corrected chi connectivity index (χ1v) is 9.89. The number of nitrogens with zero attached hydrogens (tertiary/aromatic N) is 3. The Morgan fingerprint density at radius 1 is 1.17 bits per heavy atom. The lowest BCUT2D eigenvalue weighted by Crippen LogP contribution is -2.22. The van der Waals surface area contributed by atoms with Crippen molar-refractivity contribution in [1.82, 2.24) is 4.98 Å². The predicted octanol–water partition coefficient (Wildman–Crippen LogP) is 4.53. The topological polar surface area (TPSA) is 58.4 Å². The number of ether oxygens (including phenoxy) is 2. The third-order valence-corrected chi connectivity index (χ3v) is 5.57. The van der Waals surface area contributed by atoms with Crippen molar-refractivity contribution in [3.8, 4) is 11.8 Å². The molecule has 1 fully saturated rings. The van der Waals surface area contributed by atoms with Crippen LogP contribution in [0.4, 0.5) is 5.69 Å². The molecule has 1 saturated heterocycles. The average Bonchev–Trinajstić information content (AvgIpc) is 3.21. The predicted molar refractivity (Wildman–Crippen MR) is 114 cm³/mol. The van der Waals surface area contributed by atoms with Crippen LogP contribution in [0.2, 0.25) is 0 Å². The van der Waals surface area contributed by atoms with Crippen LogP contribution in [0.15, 0.2) is 42.5 Å². The number of pyridine rings is 1. The molecule has 1 aliphatic heterocycles. The summed E-state index contributed by atoms with van der Waals surface area (Å²) < 4.78 is 11.5. The summed E-state index contributed by atoms with van der Waals surface area (Å²) in [5.41, 5.74) is 6.16. The molecule has 4 rings (SSSR count). The van der Waals surface area contributed by atoms with Gasteiger partial charge in [0.1, 0.15) is 12.4 Å². The zero-order valence-corrected chi connectivity index (χ0v) is 17.1. The van der Waals surface area contributed by atoms with Crippen LogP contribution in [0.1, 0.15) is 28.8 Å². The maximum Gasteiger partial charge on any atom is 0.119 e. The molecule has 0 amide bonds. The van der Waals surface area contributed by atoms with Crippen molar-refractivity contribution in [2.24, 2.45) is 0 Å². The number of rotatable bonds is 5. The third kappa shape index (κ3) is 4.03. The van der Waals surface area contributed by atoms with E-state index in [1.54, 1.807) is 19.2 Å². The fraction of sp³-hybridized carbons (Fsp3) is 0.333. The largest absolute Gasteiger partial charge is 0.489 e. The second-order valence-corrected chi connectivity index (χ2v) is 7.60. The van der Waals surface area contributed by atoms with Crippen molar-refractivity contribution in [3.63, 3.8) is 0 Å². The molecular weight excluding hydrogens is 362 g/mol. The lowest BCUT2D eigenvalue weighted by molar-refractivity contribution is 0.121. The minimum atomic E-state index is 0.291. The Bertz CT molecular complexity index is 1070. The standard InChI is InChI=1S/C24H25N3O2/c1-16-10-22-23(12-19(16)15-29-20-6-4-18(13-25)5-7-20)26-17(2)11-24(22)27-9-8-21(14-27)28-3/h4-7,10-12,21H,8-9,14-15H2,1-3H3/t21-/m0/s1. The van der Waals surface area contributed by atoms with Crippen molar-refractivity contribution in [1.29, 1.82) is 5.26 Å². The molecule has 148 valence electrons. The van der Waals surface area contributed by atoms with Crippen LogP contribution in [0, 0.1) is 25.2 Å². The smallest absolute Gasteiger partial charge is 0.119 e. The molecule has 1 aromatic heterocycles. The Hall–Kier alpha value is -3.10. The number of aromatic nitrogens is 1. The summed E-state index contributed by atoms with van der Waals surface area (Å²) in [5.74, 6) is 0.754. The van der Waals surface area contributed by atoms with Crippen LogP contribution in [0.3, 0.4) is 0 Å². The Balaban J connectivity index is 1.62. The van der Waals surface area contributed by atoms with E-state index in [0.717, 1.165) is 42.0 Å². The first-order valence-electron chi connectivity index (χ1n) is 9.89. The van der Waals surface area contributed by atoms with Crippen LogP contribution in [-0.2, 0) is 11.3 Å². The number of methoxy groups -OCH3 is 1. The van der Waals surface area contributed by atoms with Crippen LogP contribution in [0.5, 0.6) is 5.75 Å². The lowest BCUT2D eigenvalue weighted by Gasteiger charge is -2.22. The number of hydrogen-bond acceptors (Lipinski definition) is 5. The maximum absolute atomic E-state index is 8.92. The van der Waals surface area contributed by atoms with Gasteiger partial charge in [-0.25, -0.2) is 0 Å². The minimum Gasteiger partial charge on any atom is -0.489 e. The molecule has 5 heteroatoms. The highest BCUT2D eigenvalue weighted by atomic mass is 16.5. The van der Waals surface area contributed by atoms with E-state index in [0.29, 0.717) is 18.3 Å². The molecule has 0 aliphatic carbocycles. The number of nitriles is 1. The quantitative estimate of drug-likeness (QED) is 0.644. The Morgan fingerprint density at radius 3 is 2.66 bits per heavy atom. The molecular formula is C24H25N3O2. The summed E-state index contributed by atoms with van der Waals surface area (Å²) in [6.07, 6.45) is 1.34. The van der Waals surface area contributed by atoms with E-state index in [9.17, 15) is 0 Å². The van der Waals surface area contributed by atoms with E-state index in [-0.39, 0.29) is 0 Å². The van der Waals surface area contributed by atoms with Gasteiger partial charge in [0.05, 0.1) is 23.3 Å². The molecule has 0 radical (unpaired) electrons. The Labute approximate surface area is 171 Å². The van der Waals surface area contributed by atoms with Crippen molar-refractivity contribution in [2.75, 3.05) is 25.1 Å². The van der Waals surface area contributed by atoms with Gasteiger partial charge in [0.2, 0.25) is 0 Å². The first-order chi connectivity index (χ1) is 14.1. The van der Waals surface area contributed by atoms with Gasteiger partial charge in [0.15, 0.2) is 0 Å². The number of aryl methyl sites for hydroxylation is 2. The fourth-order valence-corrected chi connectivity index (χ4v) is 3.88. The van der Waals surface area contributed by atoms with Gasteiger partial charge in [-0.2, -0.15) is 5.26 Å². The van der Waals surface area contributed by atoms with Gasteiger partial charge in [-0.15, -0.1) is 0 Å². The van der Waals surface area contributed by atoms with Gasteiger partial charge < -0.3 is 14.4 Å². The number of hydrogen-bond donors (Lipinski definition) is 0. The van der Waals surface area contributed by atoms with E-state index in [1.807, 2.05) is 19.1 Å². The van der Waals surface area contributed by atoms with Gasteiger partial charge in [0.25, 0.3) is 0 Å². The summed E-state index contributed by atoms with van der Waals surface area (Å²) in [6.45, 7) is 6.54. The van der Waals surface area contributed by atoms with Gasteiger partial charge in [-0.05, 0) is 73.9 Å². The normalized spacial score (nSPS) is 16.2. The lowest BCUT2D eigenvalue weighted by atomic mass is 10.0. The fourth-order valence-electron chi connectivity index (χ4n) is 3.88. The van der Waals surface area contributed by atoms with E-state index in [4.69, 9.17) is 19.7 Å². The van der Waals surface area contributed by atoms with Crippen molar-refractivity contribution in [2.45, 2.75) is 33.0 Å². The average molecular weight is 387 g/mol. The van der Waals surface area contributed by atoms with E-state index in [1.165, 1.54) is 16.6 Å². The molecule has 0 saturated carbocycles. The Morgan fingerprint density at radius 2 is 1.97 bits per heavy atom. The highest BCUT2D eigenvalue weighted by molar-refractivity contribution is 5.93. The molecule has 0 spiro atoms. The van der Waals surface area contributed by atoms with Crippen molar-refractivity contribution in [3.05, 3.63) is 64.8 Å². The molecule has 5 nitrogen and oxygen atoms in total. The van der Waals surface area contributed by atoms with E-state index >= 15 is 0 Å². The van der Waals surface area contributed by atoms with Gasteiger partial charge in [-0.3, -0.25) is 4.98 Å². The summed E-state index contributed by atoms with van der Waals surface area (Å²) >= 11 is 0. The monoisotopic (exact) mass is 387 g/mol. The van der Waals surface area contributed by atoms with Crippen molar-refractivity contribution < 1.29 is 9.47 Å². The summed E-state index contributed by atoms with van der Waals surface area (Å²) in [6, 6.07) is 15.8. The molecule has 3 aromatic rings. The van der Waals surface area contributed by atoms with Crippen LogP contribution in [0.25, 0.3) is 10.9 Å². The molecule has 2 heterocycles. The van der Waals surface area contributed by atoms with Crippen LogP contribution in [-0.4, -0.2) is 31.3 Å². The minimum absolute atomic E-state index is 0.291. The zero-order valence-electron chi connectivity index (χ0n) is 17.1. The zero-order chi connectivity index (χ0) is 20.4. The molecule has 29 heavy (non-hydrogen) atoms. The summed E-state index contributed by atoms with van der Waals surface area (Å²) in [4.78, 5) is 7.18. The van der Waals surface area contributed by atoms with E-state index < -0.39 is 0 Å². The van der Waals surface area contributed by atoms with E-state index in [2.05, 4.69) is 36.1 Å². The second kappa shape index (κ2) is 8.10. The number of benzene rings is 2. The summed E-state index contributed by atoms with van der Waals surface area (Å²) in [5, 5.41) is 10.1. The third-order valence-electron chi connectivity index (χ3n) is 5.57. The van der Waals surface area contributed by atoms with Crippen LogP contribution >= 0.6 is 0 Å². The molecule has 0 unspecified atom stereocenters. The molecule has 0 N–H and O–H groups in total. The van der Waals surface area contributed by atoms with Gasteiger partial charge in [-0.1, -0.05) is 0 Å². The second-order valence-electron chi connectivity index (χ2n) is 7.60. The summed E-state index contributed by atoms with van der Waals surface area (Å²) in [7, 11) is 1.79. The SMILES string of the molecule is CO[C@H]1CCN(c2cc(C)nc3cc(COc4ccc(C#N)cc4)c(C)cc23)C1. The van der Waals surface area contributed by atoms with Crippen molar-refractivity contribution >= 4 is 16.6 Å². The van der Waals surface area contributed by atoms with Gasteiger partial charge >= 0.3 is 0 Å². The highest BCUT2D eigenvalue weighted by Crippen LogP contribution is 2.32. The Kier molecular flexibility index (Phi) is 5.37. The van der Waals surface area contributed by atoms with Crippen LogP contribution < -0.4 is 9.64 Å².